The summed E-state index contributed by atoms with van der Waals surface area (Å²) >= 11 is 4.81. The fraction of sp³-hybridized carbons (Fsp3) is 0.300. The summed E-state index contributed by atoms with van der Waals surface area (Å²) in [6, 6.07) is 3.46. The first-order chi connectivity index (χ1) is 7.63. The molecule has 5 nitrogen and oxygen atoms in total. The van der Waals surface area contributed by atoms with Crippen LogP contribution in [-0.4, -0.2) is 29.0 Å². The predicted octanol–water partition coefficient (Wildman–Crippen LogP) is 0.264. The Bertz CT molecular complexity index is 394. The second kappa shape index (κ2) is 6.02. The molecule has 0 atom stereocenters. The van der Waals surface area contributed by atoms with Gasteiger partial charge >= 0.3 is 0 Å². The molecule has 16 heavy (non-hydrogen) atoms. The van der Waals surface area contributed by atoms with Crippen LogP contribution in [0.1, 0.15) is 12.6 Å². The van der Waals surface area contributed by atoms with Crippen LogP contribution in [0, 0.1) is 0 Å². The summed E-state index contributed by atoms with van der Waals surface area (Å²) < 4.78 is 0. The lowest BCUT2D eigenvalue weighted by molar-refractivity contribution is -0.119. The lowest BCUT2D eigenvalue weighted by atomic mass is 10.3. The third-order valence-corrected chi connectivity index (χ3v) is 2.05. The van der Waals surface area contributed by atoms with E-state index < -0.39 is 0 Å². The molecule has 4 N–H and O–H groups in total. The number of likely N-dealkylation sites (N-methyl/N-ethyl adjacent to an activating group) is 1. The highest BCUT2D eigenvalue weighted by atomic mass is 32.1. The van der Waals surface area contributed by atoms with Crippen LogP contribution in [0.2, 0.25) is 0 Å². The van der Waals surface area contributed by atoms with Gasteiger partial charge in [-0.3, -0.25) is 9.78 Å². The van der Waals surface area contributed by atoms with Crippen LogP contribution in [-0.2, 0) is 4.79 Å². The molecule has 0 unspecified atom stereocenters. The van der Waals surface area contributed by atoms with Crippen LogP contribution >= 0.6 is 12.2 Å². The number of carbonyl (C=O) groups is 1. The SMILES string of the molecule is CCNC(=O)CNc1ccnc(C(N)=S)c1. The van der Waals surface area contributed by atoms with Crippen LogP contribution in [0.25, 0.3) is 0 Å². The molecule has 86 valence electrons. The summed E-state index contributed by atoms with van der Waals surface area (Å²) in [5.74, 6) is -0.0591. The number of hydrogen-bond donors (Lipinski definition) is 3. The molecular formula is C10H14N4OS. The number of nitrogens with two attached hydrogens (primary N) is 1. The van der Waals surface area contributed by atoms with Gasteiger partial charge in [-0.25, -0.2) is 0 Å². The van der Waals surface area contributed by atoms with Gasteiger partial charge in [-0.2, -0.15) is 0 Å². The first kappa shape index (κ1) is 12.4. The lowest BCUT2D eigenvalue weighted by Gasteiger charge is -2.07. The number of carbonyl (C=O) groups excluding carboxylic acids is 1. The van der Waals surface area contributed by atoms with Crippen molar-refractivity contribution < 1.29 is 4.79 Å². The van der Waals surface area contributed by atoms with Crippen LogP contribution in [0.15, 0.2) is 18.3 Å². The zero-order valence-electron chi connectivity index (χ0n) is 8.99. The molecular weight excluding hydrogens is 224 g/mol. The van der Waals surface area contributed by atoms with Crippen molar-refractivity contribution in [1.82, 2.24) is 10.3 Å². The van der Waals surface area contributed by atoms with E-state index in [4.69, 9.17) is 18.0 Å². The lowest BCUT2D eigenvalue weighted by Crippen LogP contribution is -2.29. The van der Waals surface area contributed by atoms with E-state index in [9.17, 15) is 4.79 Å². The molecule has 1 amide bonds. The largest absolute Gasteiger partial charge is 0.388 e. The van der Waals surface area contributed by atoms with Gasteiger partial charge in [-0.05, 0) is 19.1 Å². The van der Waals surface area contributed by atoms with Gasteiger partial charge in [0, 0.05) is 18.4 Å². The third-order valence-electron chi connectivity index (χ3n) is 1.84. The van der Waals surface area contributed by atoms with E-state index in [0.29, 0.717) is 12.2 Å². The molecule has 0 aliphatic heterocycles. The average Bonchev–Trinajstić information content (AvgIpc) is 2.27. The van der Waals surface area contributed by atoms with E-state index >= 15 is 0 Å². The number of rotatable bonds is 5. The van der Waals surface area contributed by atoms with Crippen molar-refractivity contribution >= 4 is 28.8 Å². The van der Waals surface area contributed by atoms with Crippen molar-refractivity contribution in [3.63, 3.8) is 0 Å². The topological polar surface area (TPSA) is 80.0 Å². The van der Waals surface area contributed by atoms with Gasteiger partial charge in [0.15, 0.2) is 0 Å². The number of anilines is 1. The Morgan fingerprint density at radius 1 is 1.62 bits per heavy atom. The molecule has 1 heterocycles. The number of thiocarbonyl (C=S) groups is 1. The van der Waals surface area contributed by atoms with Crippen molar-refractivity contribution in [1.29, 1.82) is 0 Å². The predicted molar refractivity (Wildman–Crippen MR) is 67.3 cm³/mol. The van der Waals surface area contributed by atoms with Gasteiger partial charge in [-0.1, -0.05) is 12.2 Å². The van der Waals surface area contributed by atoms with Crippen molar-refractivity contribution in [2.24, 2.45) is 5.73 Å². The van der Waals surface area contributed by atoms with Crippen LogP contribution in [0.3, 0.4) is 0 Å². The van der Waals surface area contributed by atoms with Crippen molar-refractivity contribution in [2.45, 2.75) is 6.92 Å². The van der Waals surface area contributed by atoms with E-state index in [0.717, 1.165) is 5.69 Å². The normalized spacial score (nSPS) is 9.56. The summed E-state index contributed by atoms with van der Waals surface area (Å²) in [6.45, 7) is 2.71. The minimum atomic E-state index is -0.0591. The fourth-order valence-corrected chi connectivity index (χ4v) is 1.23. The monoisotopic (exact) mass is 238 g/mol. The number of aromatic nitrogens is 1. The van der Waals surface area contributed by atoms with E-state index in [2.05, 4.69) is 15.6 Å². The Balaban J connectivity index is 2.57. The summed E-state index contributed by atoms with van der Waals surface area (Å²) in [5.41, 5.74) is 6.75. The number of amides is 1. The highest BCUT2D eigenvalue weighted by Crippen LogP contribution is 2.07. The maximum atomic E-state index is 11.2. The van der Waals surface area contributed by atoms with Crippen LogP contribution in [0.4, 0.5) is 5.69 Å². The quantitative estimate of drug-likeness (QED) is 0.641. The van der Waals surface area contributed by atoms with Gasteiger partial charge in [0.2, 0.25) is 5.91 Å². The first-order valence-electron chi connectivity index (χ1n) is 4.90. The van der Waals surface area contributed by atoms with Crippen molar-refractivity contribution in [2.75, 3.05) is 18.4 Å². The number of nitrogens with zero attached hydrogens (tertiary/aromatic N) is 1. The summed E-state index contributed by atoms with van der Waals surface area (Å²) in [7, 11) is 0. The second-order valence-electron chi connectivity index (χ2n) is 3.10. The molecule has 1 aromatic rings. The molecule has 6 heteroatoms. The second-order valence-corrected chi connectivity index (χ2v) is 3.54. The molecule has 0 aliphatic carbocycles. The zero-order chi connectivity index (χ0) is 12.0. The Labute approximate surface area is 99.4 Å². The Morgan fingerprint density at radius 2 is 2.38 bits per heavy atom. The maximum absolute atomic E-state index is 11.2. The van der Waals surface area contributed by atoms with Gasteiger partial charge in [0.1, 0.15) is 4.99 Å². The van der Waals surface area contributed by atoms with Crippen molar-refractivity contribution in [3.8, 4) is 0 Å². The van der Waals surface area contributed by atoms with E-state index in [-0.39, 0.29) is 17.4 Å². The summed E-state index contributed by atoms with van der Waals surface area (Å²) in [5, 5.41) is 5.64. The van der Waals surface area contributed by atoms with E-state index in [1.807, 2.05) is 6.92 Å². The molecule has 0 aromatic carbocycles. The van der Waals surface area contributed by atoms with E-state index in [1.165, 1.54) is 0 Å². The minimum absolute atomic E-state index is 0.0591. The number of pyridine rings is 1. The highest BCUT2D eigenvalue weighted by Gasteiger charge is 2.01. The molecule has 1 rings (SSSR count). The van der Waals surface area contributed by atoms with Crippen LogP contribution < -0.4 is 16.4 Å². The number of nitrogens with one attached hydrogen (secondary N) is 2. The summed E-state index contributed by atoms with van der Waals surface area (Å²) in [6.07, 6.45) is 1.59. The molecule has 0 bridgehead atoms. The molecule has 0 saturated heterocycles. The molecule has 0 fully saturated rings. The molecule has 1 aromatic heterocycles. The van der Waals surface area contributed by atoms with Gasteiger partial charge in [0.05, 0.1) is 12.2 Å². The summed E-state index contributed by atoms with van der Waals surface area (Å²) in [4.78, 5) is 15.4. The fourth-order valence-electron chi connectivity index (χ4n) is 1.12. The van der Waals surface area contributed by atoms with Gasteiger partial charge in [-0.15, -0.1) is 0 Å². The smallest absolute Gasteiger partial charge is 0.239 e. The number of hydrogen-bond acceptors (Lipinski definition) is 4. The van der Waals surface area contributed by atoms with E-state index in [1.54, 1.807) is 18.3 Å². The average molecular weight is 238 g/mol. The maximum Gasteiger partial charge on any atom is 0.239 e. The zero-order valence-corrected chi connectivity index (χ0v) is 9.80. The molecule has 0 radical (unpaired) electrons. The molecule has 0 spiro atoms. The molecule has 0 aliphatic rings. The standard InChI is InChI=1S/C10H14N4OS/c1-2-12-9(15)6-14-7-3-4-13-8(5-7)10(11)16/h3-5H,2,6H2,1H3,(H2,11,16)(H,12,15)(H,13,14). The minimum Gasteiger partial charge on any atom is -0.388 e. The van der Waals surface area contributed by atoms with Crippen molar-refractivity contribution in [3.05, 3.63) is 24.0 Å². The van der Waals surface area contributed by atoms with Gasteiger partial charge in [0.25, 0.3) is 0 Å². The first-order valence-corrected chi connectivity index (χ1v) is 5.30. The van der Waals surface area contributed by atoms with Crippen LogP contribution in [0.5, 0.6) is 0 Å². The molecule has 0 saturated carbocycles. The third kappa shape index (κ3) is 3.82. The van der Waals surface area contributed by atoms with Gasteiger partial charge < -0.3 is 16.4 Å². The Hall–Kier alpha value is -1.69. The Morgan fingerprint density at radius 3 is 3.00 bits per heavy atom. The highest BCUT2D eigenvalue weighted by molar-refractivity contribution is 7.80. The Kier molecular flexibility index (Phi) is 4.65.